The molecule has 1 aromatic heterocycles. The number of H-pyrrole nitrogens is 1. The number of aromatic amines is 1. The number of nitrogens with one attached hydrogen (secondary N) is 2. The molecule has 0 aliphatic carbocycles. The van der Waals surface area contributed by atoms with E-state index in [9.17, 15) is 4.79 Å². The third-order valence-corrected chi connectivity index (χ3v) is 6.52. The number of halogens is 2. The zero-order valence-electron chi connectivity index (χ0n) is 17.6. The third kappa shape index (κ3) is 4.72. The second-order valence-electron chi connectivity index (χ2n) is 7.87. The van der Waals surface area contributed by atoms with Crippen molar-refractivity contribution in [3.8, 4) is 0 Å². The van der Waals surface area contributed by atoms with Crippen LogP contribution in [0.3, 0.4) is 0 Å². The molecule has 1 unspecified atom stereocenters. The number of aromatic nitrogens is 2. The number of urea groups is 1. The van der Waals surface area contributed by atoms with Crippen LogP contribution in [0.1, 0.15) is 23.6 Å². The first-order chi connectivity index (χ1) is 16.1. The van der Waals surface area contributed by atoms with Crippen LogP contribution in [0.4, 0.5) is 10.5 Å². The molecule has 0 bridgehead atoms. The summed E-state index contributed by atoms with van der Waals surface area (Å²) >= 11 is 7.16. The van der Waals surface area contributed by atoms with Crippen molar-refractivity contribution in [2.24, 2.45) is 4.99 Å². The van der Waals surface area contributed by atoms with Crippen LogP contribution in [-0.4, -0.2) is 28.4 Å². The number of hydrogen-bond acceptors (Lipinski definition) is 3. The van der Waals surface area contributed by atoms with Crippen LogP contribution in [0.15, 0.2) is 87.0 Å². The van der Waals surface area contributed by atoms with E-state index >= 15 is 0 Å². The molecule has 0 radical (unpaired) electrons. The van der Waals surface area contributed by atoms with Gasteiger partial charge in [-0.2, -0.15) is 0 Å². The highest BCUT2D eigenvalue weighted by atomic mass is 79.9. The second-order valence-corrected chi connectivity index (χ2v) is 9.70. The van der Waals surface area contributed by atoms with Crippen molar-refractivity contribution in [2.75, 3.05) is 11.4 Å². The minimum atomic E-state index is -0.362. The fourth-order valence-electron chi connectivity index (χ4n) is 4.11. The third-order valence-electron chi connectivity index (χ3n) is 5.60. The Bertz CT molecular complexity index is 1310. The SMILES string of the molecule is O=C1NC(=NCCCc2ccccc2)C(c2cc(Br)cc(Br)c2)N1c1ccc2[nH]cnc2c1. The highest BCUT2D eigenvalue weighted by Gasteiger charge is 2.39. The van der Waals surface area contributed by atoms with Crippen LogP contribution in [-0.2, 0) is 6.42 Å². The zero-order valence-corrected chi connectivity index (χ0v) is 20.8. The van der Waals surface area contributed by atoms with Crippen LogP contribution >= 0.6 is 31.9 Å². The Kier molecular flexibility index (Phi) is 6.28. The smallest absolute Gasteiger partial charge is 0.328 e. The molecule has 166 valence electrons. The van der Waals surface area contributed by atoms with Crippen molar-refractivity contribution >= 4 is 60.4 Å². The average molecular weight is 567 g/mol. The van der Waals surface area contributed by atoms with E-state index in [0.29, 0.717) is 12.4 Å². The van der Waals surface area contributed by atoms with Crippen LogP contribution in [0, 0.1) is 0 Å². The summed E-state index contributed by atoms with van der Waals surface area (Å²) in [5.41, 5.74) is 4.74. The van der Waals surface area contributed by atoms with Gasteiger partial charge in [-0.3, -0.25) is 15.2 Å². The number of aliphatic imine (C=N–C) groups is 1. The lowest BCUT2D eigenvalue weighted by atomic mass is 10.0. The number of hydrogen-bond donors (Lipinski definition) is 2. The average Bonchev–Trinajstić information content (AvgIpc) is 3.40. The summed E-state index contributed by atoms with van der Waals surface area (Å²) in [5, 5.41) is 3.01. The molecule has 33 heavy (non-hydrogen) atoms. The molecule has 2 amide bonds. The molecular formula is C25H21Br2N5O. The van der Waals surface area contributed by atoms with Crippen molar-refractivity contribution in [2.45, 2.75) is 18.9 Å². The Balaban J connectivity index is 1.47. The summed E-state index contributed by atoms with van der Waals surface area (Å²) < 4.78 is 1.86. The summed E-state index contributed by atoms with van der Waals surface area (Å²) in [6.45, 7) is 0.627. The number of benzene rings is 3. The van der Waals surface area contributed by atoms with Crippen molar-refractivity contribution in [3.05, 3.63) is 93.1 Å². The molecule has 1 aliphatic rings. The highest BCUT2D eigenvalue weighted by molar-refractivity contribution is 9.11. The van der Waals surface area contributed by atoms with E-state index in [1.165, 1.54) is 5.56 Å². The standard InChI is InChI=1S/C25H21Br2N5O/c26-18-11-17(12-19(27)13-18)23-24(28-10-4-7-16-5-2-1-3-6-16)31-25(33)32(23)20-8-9-21-22(14-20)30-15-29-21/h1-3,5-6,8-9,11-15,23H,4,7,10H2,(H,29,30)(H,28,31,33). The van der Waals surface area contributed by atoms with E-state index in [4.69, 9.17) is 4.99 Å². The molecule has 4 aromatic rings. The summed E-state index contributed by atoms with van der Waals surface area (Å²) in [6, 6.07) is 21.6. The van der Waals surface area contributed by atoms with Crippen LogP contribution in [0.25, 0.3) is 11.0 Å². The minimum absolute atomic E-state index is 0.201. The maximum absolute atomic E-state index is 13.1. The Labute approximate surface area is 208 Å². The minimum Gasteiger partial charge on any atom is -0.345 e. The molecule has 2 heterocycles. The highest BCUT2D eigenvalue weighted by Crippen LogP contribution is 2.35. The molecule has 1 aliphatic heterocycles. The summed E-state index contributed by atoms with van der Waals surface area (Å²) in [5.74, 6) is 0.653. The van der Waals surface area contributed by atoms with E-state index in [1.54, 1.807) is 11.2 Å². The Morgan fingerprint density at radius 2 is 1.79 bits per heavy atom. The molecule has 6 nitrogen and oxygen atoms in total. The molecule has 0 spiro atoms. The van der Waals surface area contributed by atoms with E-state index in [2.05, 4.69) is 59.3 Å². The first-order valence-corrected chi connectivity index (χ1v) is 12.2. The summed E-state index contributed by atoms with van der Waals surface area (Å²) in [4.78, 5) is 27.2. The zero-order chi connectivity index (χ0) is 22.8. The number of aryl methyl sites for hydroxylation is 1. The van der Waals surface area contributed by atoms with Crippen LogP contribution < -0.4 is 10.2 Å². The quantitative estimate of drug-likeness (QED) is 0.265. The van der Waals surface area contributed by atoms with Gasteiger partial charge >= 0.3 is 6.03 Å². The lowest BCUT2D eigenvalue weighted by Crippen LogP contribution is -2.29. The van der Waals surface area contributed by atoms with E-state index in [1.807, 2.05) is 54.6 Å². The lowest BCUT2D eigenvalue weighted by molar-refractivity contribution is 0.252. The van der Waals surface area contributed by atoms with Gasteiger partial charge in [-0.1, -0.05) is 62.2 Å². The molecule has 1 atom stereocenters. The summed E-state index contributed by atoms with van der Waals surface area (Å²) in [7, 11) is 0. The van der Waals surface area contributed by atoms with Gasteiger partial charge < -0.3 is 4.98 Å². The molecule has 3 aromatic carbocycles. The number of imidazole rings is 1. The maximum Gasteiger partial charge on any atom is 0.328 e. The van der Waals surface area contributed by atoms with Gasteiger partial charge in [-0.05, 0) is 60.4 Å². The molecule has 8 heteroatoms. The van der Waals surface area contributed by atoms with Gasteiger partial charge in [0, 0.05) is 21.2 Å². The van der Waals surface area contributed by atoms with Crippen molar-refractivity contribution in [1.29, 1.82) is 0 Å². The number of carbonyl (C=O) groups excluding carboxylic acids is 1. The fraction of sp³-hybridized carbons (Fsp3) is 0.160. The normalized spacial score (nSPS) is 17.2. The van der Waals surface area contributed by atoms with Crippen molar-refractivity contribution in [3.63, 3.8) is 0 Å². The van der Waals surface area contributed by atoms with Crippen molar-refractivity contribution in [1.82, 2.24) is 15.3 Å². The van der Waals surface area contributed by atoms with Gasteiger partial charge in [-0.15, -0.1) is 0 Å². The Hall–Kier alpha value is -2.97. The van der Waals surface area contributed by atoms with E-state index in [0.717, 1.165) is 44.1 Å². The first kappa shape index (κ1) is 21.9. The van der Waals surface area contributed by atoms with Gasteiger partial charge in [-0.25, -0.2) is 9.78 Å². The molecule has 1 saturated heterocycles. The maximum atomic E-state index is 13.1. The predicted octanol–water partition coefficient (Wildman–Crippen LogP) is 6.39. The topological polar surface area (TPSA) is 73.4 Å². The van der Waals surface area contributed by atoms with Crippen molar-refractivity contribution < 1.29 is 4.79 Å². The van der Waals surface area contributed by atoms with Gasteiger partial charge in [0.15, 0.2) is 0 Å². The Morgan fingerprint density at radius 3 is 2.58 bits per heavy atom. The number of anilines is 1. The fourth-order valence-corrected chi connectivity index (χ4v) is 5.44. The molecular weight excluding hydrogens is 546 g/mol. The van der Waals surface area contributed by atoms with Crippen LogP contribution in [0.2, 0.25) is 0 Å². The largest absolute Gasteiger partial charge is 0.345 e. The molecule has 1 fully saturated rings. The number of fused-ring (bicyclic) bond motifs is 1. The van der Waals surface area contributed by atoms with Gasteiger partial charge in [0.2, 0.25) is 0 Å². The van der Waals surface area contributed by atoms with Gasteiger partial charge in [0.1, 0.15) is 11.9 Å². The molecule has 2 N–H and O–H groups in total. The molecule has 0 saturated carbocycles. The monoisotopic (exact) mass is 565 g/mol. The van der Waals surface area contributed by atoms with Gasteiger partial charge in [0.05, 0.1) is 17.4 Å². The predicted molar refractivity (Wildman–Crippen MR) is 139 cm³/mol. The number of nitrogens with zero attached hydrogens (tertiary/aromatic N) is 3. The number of amides is 2. The lowest BCUT2D eigenvalue weighted by Gasteiger charge is -2.24. The summed E-state index contributed by atoms with van der Waals surface area (Å²) in [6.07, 6.45) is 3.50. The van der Waals surface area contributed by atoms with Crippen LogP contribution in [0.5, 0.6) is 0 Å². The number of carbonyl (C=O) groups is 1. The van der Waals surface area contributed by atoms with Gasteiger partial charge in [0.25, 0.3) is 0 Å². The Morgan fingerprint density at radius 1 is 1.00 bits per heavy atom. The second kappa shape index (κ2) is 9.49. The number of rotatable bonds is 6. The van der Waals surface area contributed by atoms with E-state index < -0.39 is 0 Å². The number of amidine groups is 1. The van der Waals surface area contributed by atoms with E-state index in [-0.39, 0.29) is 12.1 Å². The first-order valence-electron chi connectivity index (χ1n) is 10.7. The molecule has 5 rings (SSSR count).